The predicted molar refractivity (Wildman–Crippen MR) is 134 cm³/mol. The molecule has 2 aliphatic heterocycles. The van der Waals surface area contributed by atoms with Crippen molar-refractivity contribution >= 4 is 28.5 Å². The van der Waals surface area contributed by atoms with Gasteiger partial charge in [-0.15, -0.1) is 0 Å². The third kappa shape index (κ3) is 3.32. The molecule has 1 saturated heterocycles. The van der Waals surface area contributed by atoms with Crippen LogP contribution < -0.4 is 10.2 Å². The first-order valence-corrected chi connectivity index (χ1v) is 12.3. The molecule has 3 aliphatic rings. The van der Waals surface area contributed by atoms with Crippen LogP contribution in [0.4, 0.5) is 10.5 Å². The number of nitrogens with zero attached hydrogens (tertiary/aromatic N) is 2. The van der Waals surface area contributed by atoms with Crippen molar-refractivity contribution in [2.75, 3.05) is 31.6 Å². The number of carbonyl (C=O) groups is 2. The summed E-state index contributed by atoms with van der Waals surface area (Å²) in [6, 6.07) is 19.3. The molecule has 1 unspecified atom stereocenters. The molecule has 3 aromatic rings. The summed E-state index contributed by atoms with van der Waals surface area (Å²) in [4.78, 5) is 29.2. The second kappa shape index (κ2) is 8.58. The summed E-state index contributed by atoms with van der Waals surface area (Å²) in [7, 11) is 1.24. The van der Waals surface area contributed by atoms with E-state index in [9.17, 15) is 19.8 Å². The molecule has 0 radical (unpaired) electrons. The number of rotatable bonds is 4. The zero-order chi connectivity index (χ0) is 25.0. The molecule has 6 rings (SSSR count). The monoisotopic (exact) mass is 487 g/mol. The highest BCUT2D eigenvalue weighted by Gasteiger charge is 2.52. The highest BCUT2D eigenvalue weighted by Crippen LogP contribution is 2.48. The topological polar surface area (TPSA) is 102 Å². The van der Waals surface area contributed by atoms with Crippen molar-refractivity contribution in [3.05, 3.63) is 77.4 Å². The van der Waals surface area contributed by atoms with Gasteiger partial charge in [0.2, 0.25) is 0 Å². The van der Waals surface area contributed by atoms with Crippen LogP contribution in [0.15, 0.2) is 60.7 Å². The Morgan fingerprint density at radius 2 is 1.75 bits per heavy atom. The number of aliphatic hydroxyl groups is 2. The third-order valence-corrected chi connectivity index (χ3v) is 8.02. The van der Waals surface area contributed by atoms with Gasteiger partial charge in [0, 0.05) is 24.7 Å². The molecule has 186 valence electrons. The molecule has 3 atom stereocenters. The van der Waals surface area contributed by atoms with Crippen LogP contribution >= 0.6 is 0 Å². The minimum absolute atomic E-state index is 0.0984. The summed E-state index contributed by atoms with van der Waals surface area (Å²) in [5.41, 5.74) is 1.44. The highest BCUT2D eigenvalue weighted by molar-refractivity contribution is 6.07. The van der Waals surface area contributed by atoms with Crippen molar-refractivity contribution in [2.45, 2.75) is 36.6 Å². The van der Waals surface area contributed by atoms with Gasteiger partial charge in [0.05, 0.1) is 31.5 Å². The van der Waals surface area contributed by atoms with Crippen LogP contribution in [0.5, 0.6) is 0 Å². The number of likely N-dealkylation sites (tertiary alicyclic amines) is 1. The van der Waals surface area contributed by atoms with E-state index in [-0.39, 0.29) is 18.6 Å². The van der Waals surface area contributed by atoms with Gasteiger partial charge in [0.15, 0.2) is 5.60 Å². The number of hydrogen-bond donors (Lipinski definition) is 3. The van der Waals surface area contributed by atoms with Crippen LogP contribution in [0, 0.1) is 0 Å². The van der Waals surface area contributed by atoms with Crippen molar-refractivity contribution < 1.29 is 24.5 Å². The van der Waals surface area contributed by atoms with Gasteiger partial charge in [-0.2, -0.15) is 0 Å². The van der Waals surface area contributed by atoms with Crippen molar-refractivity contribution in [3.63, 3.8) is 0 Å². The fourth-order valence-corrected chi connectivity index (χ4v) is 6.31. The Morgan fingerprint density at radius 3 is 2.47 bits per heavy atom. The Bertz CT molecular complexity index is 1350. The molecule has 3 N–H and O–H groups in total. The number of anilines is 1. The van der Waals surface area contributed by atoms with Crippen LogP contribution in [-0.4, -0.2) is 59.9 Å². The Kier molecular flexibility index (Phi) is 5.48. The predicted octanol–water partition coefficient (Wildman–Crippen LogP) is 2.98. The highest BCUT2D eigenvalue weighted by atomic mass is 16.5. The van der Waals surface area contributed by atoms with Gasteiger partial charge in [-0.1, -0.05) is 54.6 Å². The number of alkyl carbamates (subject to hydrolysis) is 1. The average molecular weight is 488 g/mol. The van der Waals surface area contributed by atoms with Gasteiger partial charge in [0.1, 0.15) is 0 Å². The maximum atomic E-state index is 13.6. The van der Waals surface area contributed by atoms with E-state index >= 15 is 0 Å². The smallest absolute Gasteiger partial charge is 0.406 e. The number of methoxy groups -OCH3 is 1. The Hall–Kier alpha value is -3.46. The maximum Gasteiger partial charge on any atom is 0.406 e. The Morgan fingerprint density at radius 1 is 1.06 bits per heavy atom. The van der Waals surface area contributed by atoms with E-state index in [1.165, 1.54) is 7.11 Å². The molecule has 2 amide bonds. The number of benzene rings is 3. The minimum Gasteiger partial charge on any atom is -0.453 e. The molecule has 2 heterocycles. The molecule has 0 spiro atoms. The lowest BCUT2D eigenvalue weighted by Crippen LogP contribution is -2.53. The minimum atomic E-state index is -1.85. The van der Waals surface area contributed by atoms with E-state index in [0.717, 1.165) is 21.9 Å². The second-order valence-corrected chi connectivity index (χ2v) is 9.85. The van der Waals surface area contributed by atoms with Gasteiger partial charge >= 0.3 is 6.09 Å². The standard InChI is InChI=1S/C28H29N3O5/c1-36-27(34)29-16-28(35)21-10-2-3-11-22(21)31(26(28)33)18-12-14-30(15-13-18)24-19-8-4-6-17-7-5-9-20(23(17)19)25(24)32/h2-11,18,24-25,32,35H,12-16H2,1H3,(H,29,34)/t24-,25-,28?/m1/s1. The van der Waals surface area contributed by atoms with Crippen LogP contribution in [0.1, 0.15) is 41.7 Å². The molecule has 8 nitrogen and oxygen atoms in total. The molecular weight excluding hydrogens is 458 g/mol. The van der Waals surface area contributed by atoms with Gasteiger partial charge in [-0.3, -0.25) is 9.69 Å². The molecule has 1 aliphatic carbocycles. The molecule has 0 bridgehead atoms. The summed E-state index contributed by atoms with van der Waals surface area (Å²) in [5, 5.41) is 27.4. The zero-order valence-electron chi connectivity index (χ0n) is 20.1. The summed E-state index contributed by atoms with van der Waals surface area (Å²) in [5.74, 6) is -0.434. The normalized spacial score (nSPS) is 25.9. The number of amides is 2. The van der Waals surface area contributed by atoms with E-state index in [0.29, 0.717) is 37.2 Å². The molecule has 3 aromatic carbocycles. The first kappa shape index (κ1) is 23.0. The quantitative estimate of drug-likeness (QED) is 0.523. The van der Waals surface area contributed by atoms with E-state index in [4.69, 9.17) is 0 Å². The number of ether oxygens (including phenoxy) is 1. The van der Waals surface area contributed by atoms with Crippen molar-refractivity contribution in [1.29, 1.82) is 0 Å². The van der Waals surface area contributed by atoms with E-state index < -0.39 is 23.7 Å². The molecular formula is C28H29N3O5. The fourth-order valence-electron chi connectivity index (χ4n) is 6.31. The number of piperidine rings is 1. The first-order chi connectivity index (χ1) is 17.4. The second-order valence-electron chi connectivity index (χ2n) is 9.85. The van der Waals surface area contributed by atoms with Gasteiger partial charge < -0.3 is 25.2 Å². The van der Waals surface area contributed by atoms with Crippen LogP contribution in [0.25, 0.3) is 10.8 Å². The largest absolute Gasteiger partial charge is 0.453 e. The van der Waals surface area contributed by atoms with Crippen molar-refractivity contribution in [3.8, 4) is 0 Å². The zero-order valence-corrected chi connectivity index (χ0v) is 20.1. The van der Waals surface area contributed by atoms with E-state index in [1.54, 1.807) is 17.0 Å². The molecule has 36 heavy (non-hydrogen) atoms. The number of para-hydroxylation sites is 1. The Labute approximate surface area is 209 Å². The van der Waals surface area contributed by atoms with Gasteiger partial charge in [0.25, 0.3) is 5.91 Å². The summed E-state index contributed by atoms with van der Waals surface area (Å²) in [6.45, 7) is 1.16. The SMILES string of the molecule is COC(=O)NCC1(O)C(=O)N(C2CCN([C@@H]3c4cccc5cccc(c45)[C@H]3O)CC2)c2ccccc21. The average Bonchev–Trinajstić information content (AvgIpc) is 3.32. The van der Waals surface area contributed by atoms with Crippen molar-refractivity contribution in [1.82, 2.24) is 10.2 Å². The molecule has 0 aromatic heterocycles. The lowest BCUT2D eigenvalue weighted by atomic mass is 9.95. The number of nitrogens with one attached hydrogen (secondary N) is 1. The van der Waals surface area contributed by atoms with Crippen molar-refractivity contribution in [2.24, 2.45) is 0 Å². The number of carbonyl (C=O) groups excluding carboxylic acids is 2. The lowest BCUT2D eigenvalue weighted by Gasteiger charge is -2.41. The van der Waals surface area contributed by atoms with Crippen LogP contribution in [0.3, 0.4) is 0 Å². The number of hydrogen-bond acceptors (Lipinski definition) is 6. The lowest BCUT2D eigenvalue weighted by molar-refractivity contribution is -0.136. The number of aliphatic hydroxyl groups excluding tert-OH is 1. The van der Waals surface area contributed by atoms with Gasteiger partial charge in [-0.05, 0) is 40.8 Å². The maximum absolute atomic E-state index is 13.6. The summed E-state index contributed by atoms with van der Waals surface area (Å²) >= 11 is 0. The van der Waals surface area contributed by atoms with E-state index in [1.807, 2.05) is 30.3 Å². The fraction of sp³-hybridized carbons (Fsp3) is 0.357. The van der Waals surface area contributed by atoms with E-state index in [2.05, 4.69) is 33.2 Å². The first-order valence-electron chi connectivity index (χ1n) is 12.3. The molecule has 1 fully saturated rings. The third-order valence-electron chi connectivity index (χ3n) is 8.02. The Balaban J connectivity index is 1.23. The summed E-state index contributed by atoms with van der Waals surface area (Å²) in [6.07, 6.45) is 0.115. The van der Waals surface area contributed by atoms with Crippen LogP contribution in [-0.2, 0) is 15.1 Å². The summed E-state index contributed by atoms with van der Waals surface area (Å²) < 4.78 is 4.62. The van der Waals surface area contributed by atoms with Crippen LogP contribution in [0.2, 0.25) is 0 Å². The van der Waals surface area contributed by atoms with Gasteiger partial charge in [-0.25, -0.2) is 4.79 Å². The molecule has 0 saturated carbocycles. The number of fused-ring (bicyclic) bond motifs is 1. The molecule has 8 heteroatoms.